The monoisotopic (exact) mass is 208 g/mol. The predicted octanol–water partition coefficient (Wildman–Crippen LogP) is 4.29. The molecule has 0 spiro atoms. The first kappa shape index (κ1) is 14.2. The number of carbonyl (C=O) groups excluding carboxylic acids is 1. The van der Waals surface area contributed by atoms with E-state index < -0.39 is 0 Å². The summed E-state index contributed by atoms with van der Waals surface area (Å²) in [5.74, 6) is 0.869. The minimum absolute atomic E-state index is 0.297. The molecule has 1 aliphatic rings. The van der Waals surface area contributed by atoms with E-state index in [1.165, 1.54) is 18.4 Å². The Morgan fingerprint density at radius 3 is 2.13 bits per heavy atom. The molecule has 0 bridgehead atoms. The van der Waals surface area contributed by atoms with Crippen LogP contribution >= 0.6 is 0 Å². The largest absolute Gasteiger partial charge is 0.295 e. The normalized spacial score (nSPS) is 20.9. The maximum Gasteiger partial charge on any atom is 0.155 e. The highest BCUT2D eigenvalue weighted by Gasteiger charge is 2.13. The molecule has 15 heavy (non-hydrogen) atoms. The van der Waals surface area contributed by atoms with E-state index in [1.807, 2.05) is 6.92 Å². The SMILES string of the molecule is CC/C=C\CC.CC1=CC(=O)CC(C)C1. The molecule has 0 aromatic heterocycles. The lowest BCUT2D eigenvalue weighted by atomic mass is 9.90. The van der Waals surface area contributed by atoms with Crippen LogP contribution in [0.25, 0.3) is 0 Å². The lowest BCUT2D eigenvalue weighted by molar-refractivity contribution is -0.115. The first-order valence-electron chi connectivity index (χ1n) is 5.95. The molecule has 1 aliphatic carbocycles. The number of hydrogen-bond acceptors (Lipinski definition) is 1. The van der Waals surface area contributed by atoms with Crippen molar-refractivity contribution in [3.63, 3.8) is 0 Å². The van der Waals surface area contributed by atoms with E-state index in [0.29, 0.717) is 11.7 Å². The zero-order valence-corrected chi connectivity index (χ0v) is 10.5. The number of hydrogen-bond donors (Lipinski definition) is 0. The van der Waals surface area contributed by atoms with Crippen molar-refractivity contribution in [2.75, 3.05) is 0 Å². The van der Waals surface area contributed by atoms with Gasteiger partial charge >= 0.3 is 0 Å². The molecule has 0 fully saturated rings. The molecule has 1 heteroatoms. The van der Waals surface area contributed by atoms with Gasteiger partial charge in [-0.25, -0.2) is 0 Å². The van der Waals surface area contributed by atoms with Crippen molar-refractivity contribution in [1.29, 1.82) is 0 Å². The van der Waals surface area contributed by atoms with Gasteiger partial charge in [-0.3, -0.25) is 4.79 Å². The molecule has 86 valence electrons. The highest BCUT2D eigenvalue weighted by molar-refractivity contribution is 5.91. The van der Waals surface area contributed by atoms with Crippen LogP contribution in [0.1, 0.15) is 53.4 Å². The van der Waals surface area contributed by atoms with Crippen LogP contribution in [0, 0.1) is 5.92 Å². The van der Waals surface area contributed by atoms with Gasteiger partial charge in [-0.2, -0.15) is 0 Å². The van der Waals surface area contributed by atoms with E-state index in [-0.39, 0.29) is 0 Å². The van der Waals surface area contributed by atoms with Gasteiger partial charge in [0.2, 0.25) is 0 Å². The highest BCUT2D eigenvalue weighted by Crippen LogP contribution is 2.20. The van der Waals surface area contributed by atoms with Crippen LogP contribution in [0.15, 0.2) is 23.8 Å². The molecule has 0 aromatic rings. The Balaban J connectivity index is 0.000000288. The highest BCUT2D eigenvalue weighted by atomic mass is 16.1. The third kappa shape index (κ3) is 8.17. The number of ketones is 1. The molecule has 0 amide bonds. The van der Waals surface area contributed by atoms with E-state index in [1.54, 1.807) is 6.08 Å². The van der Waals surface area contributed by atoms with Crippen LogP contribution in [-0.4, -0.2) is 5.78 Å². The Bertz CT molecular complexity index is 230. The van der Waals surface area contributed by atoms with Crippen molar-refractivity contribution >= 4 is 5.78 Å². The van der Waals surface area contributed by atoms with E-state index in [4.69, 9.17) is 0 Å². The summed E-state index contributed by atoms with van der Waals surface area (Å²) in [7, 11) is 0. The van der Waals surface area contributed by atoms with Gasteiger partial charge in [0.15, 0.2) is 5.78 Å². The topological polar surface area (TPSA) is 17.1 Å². The molecule has 1 atom stereocenters. The van der Waals surface area contributed by atoms with Gasteiger partial charge in [0, 0.05) is 6.42 Å². The molecule has 0 N–H and O–H groups in total. The maximum absolute atomic E-state index is 10.8. The smallest absolute Gasteiger partial charge is 0.155 e. The fraction of sp³-hybridized carbons (Fsp3) is 0.643. The first-order chi connectivity index (χ1) is 7.10. The molecule has 1 nitrogen and oxygen atoms in total. The Morgan fingerprint density at radius 2 is 1.80 bits per heavy atom. The minimum atomic E-state index is 0.297. The molecular weight excluding hydrogens is 184 g/mol. The number of carbonyl (C=O) groups is 1. The molecule has 0 saturated carbocycles. The van der Waals surface area contributed by atoms with E-state index in [2.05, 4.69) is 32.9 Å². The summed E-state index contributed by atoms with van der Waals surface area (Å²) in [4.78, 5) is 10.8. The lowest BCUT2D eigenvalue weighted by Gasteiger charge is -2.14. The average molecular weight is 208 g/mol. The second-order valence-electron chi connectivity index (χ2n) is 4.26. The summed E-state index contributed by atoms with van der Waals surface area (Å²) in [6.07, 6.45) is 10.3. The van der Waals surface area contributed by atoms with Crippen LogP contribution in [0.2, 0.25) is 0 Å². The van der Waals surface area contributed by atoms with Crippen molar-refractivity contribution < 1.29 is 4.79 Å². The third-order valence-electron chi connectivity index (χ3n) is 2.27. The second-order valence-corrected chi connectivity index (χ2v) is 4.26. The minimum Gasteiger partial charge on any atom is -0.295 e. The van der Waals surface area contributed by atoms with Crippen LogP contribution in [0.5, 0.6) is 0 Å². The molecule has 0 heterocycles. The van der Waals surface area contributed by atoms with Crippen molar-refractivity contribution in [3.05, 3.63) is 23.8 Å². The summed E-state index contributed by atoms with van der Waals surface area (Å²) < 4.78 is 0. The zero-order chi connectivity index (χ0) is 11.7. The Morgan fingerprint density at radius 1 is 1.27 bits per heavy atom. The van der Waals surface area contributed by atoms with Gasteiger partial charge in [0.25, 0.3) is 0 Å². The van der Waals surface area contributed by atoms with Gasteiger partial charge in [-0.15, -0.1) is 0 Å². The summed E-state index contributed by atoms with van der Waals surface area (Å²) in [5.41, 5.74) is 1.23. The van der Waals surface area contributed by atoms with Gasteiger partial charge in [0.1, 0.15) is 0 Å². The van der Waals surface area contributed by atoms with Crippen LogP contribution in [-0.2, 0) is 4.79 Å². The van der Waals surface area contributed by atoms with Gasteiger partial charge in [-0.1, -0.05) is 38.5 Å². The summed E-state index contributed by atoms with van der Waals surface area (Å²) in [5, 5.41) is 0. The standard InChI is InChI=1S/C8H12O.C6H12/c1-6-3-7(2)5-8(9)4-6;1-3-5-6-4-2/h4,7H,3,5H2,1-2H3;5-6H,3-4H2,1-2H3/b;6-5-. The van der Waals surface area contributed by atoms with E-state index >= 15 is 0 Å². The zero-order valence-electron chi connectivity index (χ0n) is 10.5. The fourth-order valence-electron chi connectivity index (χ4n) is 1.69. The molecule has 0 aromatic carbocycles. The average Bonchev–Trinajstić information content (AvgIpc) is 2.13. The van der Waals surface area contributed by atoms with Crippen molar-refractivity contribution in [2.45, 2.75) is 53.4 Å². The van der Waals surface area contributed by atoms with Gasteiger partial charge in [-0.05, 0) is 38.2 Å². The summed E-state index contributed by atoms with van der Waals surface area (Å²) in [6, 6.07) is 0. The quantitative estimate of drug-likeness (QED) is 0.618. The second kappa shape index (κ2) is 8.46. The van der Waals surface area contributed by atoms with E-state index in [9.17, 15) is 4.79 Å². The van der Waals surface area contributed by atoms with Crippen molar-refractivity contribution in [2.24, 2.45) is 5.92 Å². The molecular formula is C14H24O. The van der Waals surface area contributed by atoms with Crippen molar-refractivity contribution in [3.8, 4) is 0 Å². The Labute approximate surface area is 94.3 Å². The molecule has 0 saturated heterocycles. The van der Waals surface area contributed by atoms with Gasteiger partial charge in [0.05, 0.1) is 0 Å². The molecule has 1 unspecified atom stereocenters. The molecule has 0 aliphatic heterocycles. The summed E-state index contributed by atoms with van der Waals surface area (Å²) >= 11 is 0. The predicted molar refractivity (Wildman–Crippen MR) is 66.9 cm³/mol. The van der Waals surface area contributed by atoms with Crippen molar-refractivity contribution in [1.82, 2.24) is 0 Å². The van der Waals surface area contributed by atoms with Gasteiger partial charge < -0.3 is 0 Å². The Hall–Kier alpha value is -0.850. The third-order valence-corrected chi connectivity index (χ3v) is 2.27. The Kier molecular flexibility index (Phi) is 7.98. The summed E-state index contributed by atoms with van der Waals surface area (Å²) in [6.45, 7) is 8.43. The van der Waals surface area contributed by atoms with Crippen LogP contribution < -0.4 is 0 Å². The number of allylic oxidation sites excluding steroid dienone is 4. The molecule has 0 radical (unpaired) electrons. The number of rotatable bonds is 2. The lowest BCUT2D eigenvalue weighted by Crippen LogP contribution is -2.09. The van der Waals surface area contributed by atoms with Crippen LogP contribution in [0.3, 0.4) is 0 Å². The molecule has 1 rings (SSSR count). The van der Waals surface area contributed by atoms with E-state index in [0.717, 1.165) is 12.8 Å². The fourth-order valence-corrected chi connectivity index (χ4v) is 1.69. The first-order valence-corrected chi connectivity index (χ1v) is 5.95. The maximum atomic E-state index is 10.8. The van der Waals surface area contributed by atoms with Crippen LogP contribution in [0.4, 0.5) is 0 Å².